The van der Waals surface area contributed by atoms with E-state index in [4.69, 9.17) is 9.88 Å². The Kier molecular flexibility index (Phi) is 6.18. The summed E-state index contributed by atoms with van der Waals surface area (Å²) in [5, 5.41) is 5.46. The highest BCUT2D eigenvalue weighted by molar-refractivity contribution is 7.90. The Morgan fingerprint density at radius 1 is 1.32 bits per heavy atom. The molecule has 1 rings (SSSR count). The Morgan fingerprint density at radius 3 is 2.32 bits per heavy atom. The maximum atomic E-state index is 13.4. The molecule has 0 aliphatic heterocycles. The lowest BCUT2D eigenvalue weighted by Gasteiger charge is -2.30. The minimum absolute atomic E-state index is 0.160. The molecular formula is C15H22F3NO2S. The predicted octanol–water partition coefficient (Wildman–Crippen LogP) is 4.00. The van der Waals surface area contributed by atoms with Crippen molar-refractivity contribution >= 4 is 11.4 Å². The van der Waals surface area contributed by atoms with E-state index in [1.54, 1.807) is 26.8 Å². The number of benzene rings is 1. The van der Waals surface area contributed by atoms with E-state index in [0.717, 1.165) is 0 Å². The quantitative estimate of drug-likeness (QED) is 0.798. The van der Waals surface area contributed by atoms with Gasteiger partial charge in [0, 0.05) is 17.8 Å². The van der Waals surface area contributed by atoms with E-state index < -0.39 is 33.8 Å². The summed E-state index contributed by atoms with van der Waals surface area (Å²) in [6.45, 7) is 5.19. The molecule has 1 aromatic rings. The maximum absolute atomic E-state index is 13.4. The molecule has 0 saturated carbocycles. The largest absolute Gasteiger partial charge is 0.598 e. The first-order chi connectivity index (χ1) is 10.0. The first-order valence-electron chi connectivity index (χ1n) is 6.95. The molecule has 0 fully saturated rings. The van der Waals surface area contributed by atoms with Gasteiger partial charge in [-0.1, -0.05) is 19.1 Å². The van der Waals surface area contributed by atoms with Crippen molar-refractivity contribution in [2.24, 2.45) is 5.14 Å². The summed E-state index contributed by atoms with van der Waals surface area (Å²) in [5.74, 6) is -0.607. The second-order valence-electron chi connectivity index (χ2n) is 5.79. The van der Waals surface area contributed by atoms with E-state index in [2.05, 4.69) is 0 Å². The summed E-state index contributed by atoms with van der Waals surface area (Å²) in [6.07, 6.45) is -3.74. The molecule has 0 bridgehead atoms. The van der Waals surface area contributed by atoms with E-state index in [9.17, 15) is 17.7 Å². The third-order valence-electron chi connectivity index (χ3n) is 3.78. The summed E-state index contributed by atoms with van der Waals surface area (Å²) in [4.78, 5) is 0. The van der Waals surface area contributed by atoms with Crippen molar-refractivity contribution in [1.29, 1.82) is 0 Å². The normalized spacial score (nSPS) is 15.5. The number of hydrogen-bond acceptors (Lipinski definition) is 3. The van der Waals surface area contributed by atoms with Gasteiger partial charge in [-0.25, -0.2) is 0 Å². The third-order valence-corrected chi connectivity index (χ3v) is 5.03. The zero-order valence-electron chi connectivity index (χ0n) is 13.2. The summed E-state index contributed by atoms with van der Waals surface area (Å²) in [7, 11) is 1.22. The number of alkyl halides is 3. The summed E-state index contributed by atoms with van der Waals surface area (Å²) in [5.41, 5.74) is -0.601. The van der Waals surface area contributed by atoms with E-state index in [1.807, 2.05) is 0 Å². The SMILES string of the molecule is CCC(CC(C)(C)[S+](N)[O-])c1cccc(OC)c1C(F)(F)F. The van der Waals surface area contributed by atoms with E-state index in [-0.39, 0.29) is 11.3 Å². The van der Waals surface area contributed by atoms with Gasteiger partial charge in [-0.15, -0.1) is 0 Å². The van der Waals surface area contributed by atoms with Gasteiger partial charge < -0.3 is 9.29 Å². The van der Waals surface area contributed by atoms with Gasteiger partial charge in [0.1, 0.15) is 16.1 Å². The van der Waals surface area contributed by atoms with Crippen LogP contribution in [0.3, 0.4) is 0 Å². The van der Waals surface area contributed by atoms with Crippen LogP contribution in [0.1, 0.15) is 50.7 Å². The van der Waals surface area contributed by atoms with Crippen LogP contribution in [-0.2, 0) is 17.5 Å². The highest BCUT2D eigenvalue weighted by Gasteiger charge is 2.41. The van der Waals surface area contributed by atoms with Crippen LogP contribution >= 0.6 is 0 Å². The number of hydrogen-bond donors (Lipinski definition) is 1. The molecule has 0 heterocycles. The van der Waals surface area contributed by atoms with Gasteiger partial charge >= 0.3 is 6.18 Å². The lowest BCUT2D eigenvalue weighted by Crippen LogP contribution is -2.39. The lowest BCUT2D eigenvalue weighted by molar-refractivity contribution is -0.139. The van der Waals surface area contributed by atoms with Gasteiger partial charge in [-0.2, -0.15) is 18.3 Å². The monoisotopic (exact) mass is 337 g/mol. The molecule has 1 aromatic carbocycles. The van der Waals surface area contributed by atoms with Gasteiger partial charge in [0.05, 0.1) is 7.11 Å². The van der Waals surface area contributed by atoms with Crippen LogP contribution in [0, 0.1) is 0 Å². The molecular weight excluding hydrogens is 315 g/mol. The number of methoxy groups -OCH3 is 1. The molecule has 2 atom stereocenters. The van der Waals surface area contributed by atoms with Crippen molar-refractivity contribution in [2.75, 3.05) is 7.11 Å². The Labute approximate surface area is 132 Å². The van der Waals surface area contributed by atoms with Crippen molar-refractivity contribution in [3.05, 3.63) is 29.3 Å². The summed E-state index contributed by atoms with van der Waals surface area (Å²) in [6, 6.07) is 4.29. The van der Waals surface area contributed by atoms with Crippen molar-refractivity contribution < 1.29 is 22.5 Å². The minimum Gasteiger partial charge on any atom is -0.598 e. The van der Waals surface area contributed by atoms with E-state index >= 15 is 0 Å². The fourth-order valence-corrected chi connectivity index (χ4v) is 2.88. The molecule has 7 heteroatoms. The molecule has 0 radical (unpaired) electrons. The second kappa shape index (κ2) is 7.10. The molecule has 2 unspecified atom stereocenters. The zero-order valence-corrected chi connectivity index (χ0v) is 14.0. The van der Waals surface area contributed by atoms with Gasteiger partial charge in [-0.3, -0.25) is 0 Å². The number of nitrogens with two attached hydrogens (primary N) is 1. The lowest BCUT2D eigenvalue weighted by atomic mass is 9.85. The average molecular weight is 337 g/mol. The first-order valence-corrected chi connectivity index (χ1v) is 8.16. The molecule has 3 nitrogen and oxygen atoms in total. The van der Waals surface area contributed by atoms with Crippen LogP contribution in [0.2, 0.25) is 0 Å². The second-order valence-corrected chi connectivity index (χ2v) is 7.49. The fourth-order valence-electron chi connectivity index (χ4n) is 2.51. The molecule has 0 aliphatic rings. The zero-order chi connectivity index (χ0) is 17.1. The summed E-state index contributed by atoms with van der Waals surface area (Å²) < 4.78 is 56.0. The standard InChI is InChI=1S/C15H22F3NO2S/c1-5-10(9-14(2,3)22(19)20)11-7-6-8-12(21-4)13(11)15(16,17)18/h6-8,10H,5,9,19H2,1-4H3. The number of rotatable bonds is 6. The fraction of sp³-hybridized carbons (Fsp3) is 0.600. The molecule has 0 saturated heterocycles. The van der Waals surface area contributed by atoms with Crippen molar-refractivity contribution in [2.45, 2.75) is 50.5 Å². The highest BCUT2D eigenvalue weighted by Crippen LogP contribution is 2.44. The number of ether oxygens (including phenoxy) is 1. The van der Waals surface area contributed by atoms with Crippen LogP contribution in [0.5, 0.6) is 5.75 Å². The van der Waals surface area contributed by atoms with Crippen LogP contribution in [0.4, 0.5) is 13.2 Å². The van der Waals surface area contributed by atoms with Crippen molar-refractivity contribution in [3.63, 3.8) is 0 Å². The highest BCUT2D eigenvalue weighted by atomic mass is 32.2. The minimum atomic E-state index is -4.51. The smallest absolute Gasteiger partial charge is 0.420 e. The van der Waals surface area contributed by atoms with Crippen LogP contribution in [0.25, 0.3) is 0 Å². The molecule has 22 heavy (non-hydrogen) atoms. The van der Waals surface area contributed by atoms with Gasteiger partial charge in [0.2, 0.25) is 0 Å². The van der Waals surface area contributed by atoms with Gasteiger partial charge in [0.15, 0.2) is 0 Å². The van der Waals surface area contributed by atoms with Crippen molar-refractivity contribution in [3.8, 4) is 5.75 Å². The Bertz CT molecular complexity index is 504. The Balaban J connectivity index is 3.34. The molecule has 126 valence electrons. The molecule has 0 amide bonds. The number of halogens is 3. The Hall–Kier alpha value is -0.920. The Morgan fingerprint density at radius 2 is 1.91 bits per heavy atom. The first kappa shape index (κ1) is 19.1. The van der Waals surface area contributed by atoms with E-state index in [0.29, 0.717) is 12.8 Å². The third kappa shape index (κ3) is 4.30. The van der Waals surface area contributed by atoms with Crippen LogP contribution in [0.15, 0.2) is 18.2 Å². The molecule has 0 aromatic heterocycles. The van der Waals surface area contributed by atoms with E-state index in [1.165, 1.54) is 19.2 Å². The maximum Gasteiger partial charge on any atom is 0.420 e. The topological polar surface area (TPSA) is 58.3 Å². The average Bonchev–Trinajstić information content (AvgIpc) is 2.42. The van der Waals surface area contributed by atoms with Crippen LogP contribution in [-0.4, -0.2) is 16.4 Å². The molecule has 2 N–H and O–H groups in total. The predicted molar refractivity (Wildman–Crippen MR) is 82.1 cm³/mol. The van der Waals surface area contributed by atoms with Gasteiger partial charge in [0.25, 0.3) is 0 Å². The van der Waals surface area contributed by atoms with Crippen molar-refractivity contribution in [1.82, 2.24) is 0 Å². The molecule has 0 spiro atoms. The van der Waals surface area contributed by atoms with Crippen LogP contribution < -0.4 is 9.88 Å². The summed E-state index contributed by atoms with van der Waals surface area (Å²) >= 11 is -1.62. The molecule has 0 aliphatic carbocycles. The van der Waals surface area contributed by atoms with Gasteiger partial charge in [-0.05, 0) is 37.8 Å².